The molecule has 0 atom stereocenters. The number of carboxylic acids is 1. The fourth-order valence-electron chi connectivity index (χ4n) is 2.61. The van der Waals surface area contributed by atoms with Crippen LogP contribution in [0.1, 0.15) is 43.1 Å². The van der Waals surface area contributed by atoms with Crippen molar-refractivity contribution in [2.45, 2.75) is 27.2 Å². The zero-order chi connectivity index (χ0) is 23.3. The van der Waals surface area contributed by atoms with E-state index in [9.17, 15) is 9.59 Å². The molecular formula is C23H28N2O7. The van der Waals surface area contributed by atoms with Crippen molar-refractivity contribution in [1.29, 1.82) is 0 Å². The van der Waals surface area contributed by atoms with Crippen LogP contribution < -0.4 is 24.4 Å². The minimum atomic E-state index is -1.08. The summed E-state index contributed by atoms with van der Waals surface area (Å²) < 4.78 is 21.9. The van der Waals surface area contributed by atoms with E-state index in [4.69, 9.17) is 24.1 Å². The molecule has 0 aliphatic heterocycles. The first-order valence-electron chi connectivity index (χ1n) is 10.3. The van der Waals surface area contributed by atoms with Crippen LogP contribution in [0.5, 0.6) is 23.0 Å². The number of hydrazone groups is 1. The Labute approximate surface area is 186 Å². The number of hydrogen-bond acceptors (Lipinski definition) is 7. The quantitative estimate of drug-likeness (QED) is 0.359. The molecule has 9 nitrogen and oxygen atoms in total. The number of nitrogens with zero attached hydrogens (tertiary/aromatic N) is 1. The van der Waals surface area contributed by atoms with E-state index >= 15 is 0 Å². The molecule has 0 spiro atoms. The number of ether oxygens (including phenoxy) is 4. The molecular weight excluding hydrogens is 416 g/mol. The van der Waals surface area contributed by atoms with Crippen molar-refractivity contribution in [1.82, 2.24) is 5.43 Å². The zero-order valence-corrected chi connectivity index (χ0v) is 18.4. The minimum Gasteiger partial charge on any atom is -0.490 e. The third-order valence-corrected chi connectivity index (χ3v) is 3.97. The highest BCUT2D eigenvalue weighted by Gasteiger charge is 2.12. The van der Waals surface area contributed by atoms with Gasteiger partial charge in [-0.3, -0.25) is 4.79 Å². The van der Waals surface area contributed by atoms with Crippen molar-refractivity contribution >= 4 is 18.1 Å². The highest BCUT2D eigenvalue weighted by atomic mass is 16.5. The number of carbonyl (C=O) groups excluding carboxylic acids is 1. The van der Waals surface area contributed by atoms with E-state index in [0.29, 0.717) is 53.9 Å². The van der Waals surface area contributed by atoms with Crippen LogP contribution in [-0.4, -0.2) is 49.6 Å². The average Bonchev–Trinajstić information content (AvgIpc) is 2.78. The van der Waals surface area contributed by atoms with Crippen molar-refractivity contribution in [2.24, 2.45) is 5.10 Å². The van der Waals surface area contributed by atoms with Crippen LogP contribution in [0, 0.1) is 0 Å². The Balaban J connectivity index is 2.08. The fourth-order valence-corrected chi connectivity index (χ4v) is 2.61. The topological polar surface area (TPSA) is 116 Å². The second-order valence-corrected chi connectivity index (χ2v) is 6.46. The molecule has 0 fully saturated rings. The highest BCUT2D eigenvalue weighted by Crippen LogP contribution is 2.29. The Morgan fingerprint density at radius 2 is 1.56 bits per heavy atom. The van der Waals surface area contributed by atoms with Crippen molar-refractivity contribution in [2.75, 3.05) is 26.4 Å². The molecule has 0 aromatic heterocycles. The van der Waals surface area contributed by atoms with Crippen molar-refractivity contribution < 1.29 is 33.6 Å². The standard InChI is InChI=1S/C23H28N2O7/c1-4-11-31-18-10-8-17(13-21(18)30-6-3)23(28)25-24-14-16-7-9-19(32-15-22(26)27)20(12-16)29-5-2/h7-10,12-14H,4-6,11,15H2,1-3H3,(H,25,28)(H,26,27)/b24-14+. The minimum absolute atomic E-state index is 0.310. The summed E-state index contributed by atoms with van der Waals surface area (Å²) in [6, 6.07) is 9.84. The maximum Gasteiger partial charge on any atom is 0.341 e. The lowest BCUT2D eigenvalue weighted by molar-refractivity contribution is -0.139. The normalized spacial score (nSPS) is 10.6. The summed E-state index contributed by atoms with van der Waals surface area (Å²) in [6.07, 6.45) is 2.31. The van der Waals surface area contributed by atoms with Crippen molar-refractivity contribution in [3.05, 3.63) is 47.5 Å². The van der Waals surface area contributed by atoms with Gasteiger partial charge in [-0.1, -0.05) is 6.92 Å². The van der Waals surface area contributed by atoms with Gasteiger partial charge in [-0.05, 0) is 62.2 Å². The molecule has 0 radical (unpaired) electrons. The van der Waals surface area contributed by atoms with Crippen LogP contribution in [0.2, 0.25) is 0 Å². The van der Waals surface area contributed by atoms with Gasteiger partial charge in [0.15, 0.2) is 29.6 Å². The largest absolute Gasteiger partial charge is 0.490 e. The monoisotopic (exact) mass is 444 g/mol. The van der Waals surface area contributed by atoms with E-state index in [2.05, 4.69) is 10.5 Å². The number of benzene rings is 2. The van der Waals surface area contributed by atoms with Gasteiger partial charge in [0.05, 0.1) is 26.0 Å². The number of hydrogen-bond donors (Lipinski definition) is 2. The number of nitrogens with one attached hydrogen (secondary N) is 1. The first-order valence-corrected chi connectivity index (χ1v) is 10.3. The van der Waals surface area contributed by atoms with Crippen LogP contribution in [0.25, 0.3) is 0 Å². The van der Waals surface area contributed by atoms with E-state index in [1.807, 2.05) is 13.8 Å². The van der Waals surface area contributed by atoms with E-state index < -0.39 is 18.5 Å². The lowest BCUT2D eigenvalue weighted by Gasteiger charge is -2.12. The van der Waals surface area contributed by atoms with E-state index in [1.165, 1.54) is 6.21 Å². The molecule has 0 heterocycles. The predicted octanol–water partition coefficient (Wildman–Crippen LogP) is 3.50. The fraction of sp³-hybridized carbons (Fsp3) is 0.348. The third kappa shape index (κ3) is 7.50. The maximum atomic E-state index is 12.5. The van der Waals surface area contributed by atoms with Crippen LogP contribution >= 0.6 is 0 Å². The molecule has 32 heavy (non-hydrogen) atoms. The van der Waals surface area contributed by atoms with Gasteiger partial charge in [0, 0.05) is 5.56 Å². The number of aliphatic carboxylic acids is 1. The van der Waals surface area contributed by atoms with Crippen LogP contribution in [-0.2, 0) is 4.79 Å². The SMILES string of the molecule is CCCOc1ccc(C(=O)N/N=C/c2ccc(OCC(=O)O)c(OCC)c2)cc1OCC. The Kier molecular flexibility index (Phi) is 9.83. The van der Waals surface area contributed by atoms with E-state index in [-0.39, 0.29) is 0 Å². The first-order chi connectivity index (χ1) is 15.5. The summed E-state index contributed by atoms with van der Waals surface area (Å²) in [5.74, 6) is 0.282. The first kappa shape index (κ1) is 24.5. The number of carboxylic acid groups (broad SMARTS) is 1. The molecule has 0 aliphatic rings. The summed E-state index contributed by atoms with van der Waals surface area (Å²) in [6.45, 7) is 6.57. The van der Waals surface area contributed by atoms with Gasteiger partial charge in [0.25, 0.3) is 5.91 Å². The third-order valence-electron chi connectivity index (χ3n) is 3.97. The second-order valence-electron chi connectivity index (χ2n) is 6.46. The average molecular weight is 444 g/mol. The summed E-state index contributed by atoms with van der Waals surface area (Å²) in [5.41, 5.74) is 3.48. The van der Waals surface area contributed by atoms with E-state index in [0.717, 1.165) is 6.42 Å². The molecule has 0 saturated carbocycles. The second kappa shape index (κ2) is 12.8. The van der Waals surface area contributed by atoms with Crippen LogP contribution in [0.15, 0.2) is 41.5 Å². The molecule has 0 unspecified atom stereocenters. The molecule has 0 aliphatic carbocycles. The highest BCUT2D eigenvalue weighted by molar-refractivity contribution is 5.95. The summed E-state index contributed by atoms with van der Waals surface area (Å²) in [7, 11) is 0. The number of carbonyl (C=O) groups is 2. The summed E-state index contributed by atoms with van der Waals surface area (Å²) in [4.78, 5) is 23.2. The van der Waals surface area contributed by atoms with Gasteiger partial charge >= 0.3 is 5.97 Å². The predicted molar refractivity (Wildman–Crippen MR) is 119 cm³/mol. The molecule has 2 rings (SSSR count). The Bertz CT molecular complexity index is 944. The summed E-state index contributed by atoms with van der Waals surface area (Å²) >= 11 is 0. The van der Waals surface area contributed by atoms with Gasteiger partial charge in [0.2, 0.25) is 0 Å². The van der Waals surface area contributed by atoms with Gasteiger partial charge in [-0.2, -0.15) is 5.10 Å². The smallest absolute Gasteiger partial charge is 0.341 e. The molecule has 0 saturated heterocycles. The molecule has 0 bridgehead atoms. The molecule has 172 valence electrons. The summed E-state index contributed by atoms with van der Waals surface area (Å²) in [5, 5.41) is 12.8. The molecule has 1 amide bonds. The number of rotatable bonds is 13. The lowest BCUT2D eigenvalue weighted by Crippen LogP contribution is -2.17. The van der Waals surface area contributed by atoms with Crippen molar-refractivity contribution in [3.8, 4) is 23.0 Å². The maximum absolute atomic E-state index is 12.5. The van der Waals surface area contributed by atoms with Gasteiger partial charge in [0.1, 0.15) is 0 Å². The molecule has 2 N–H and O–H groups in total. The van der Waals surface area contributed by atoms with E-state index in [1.54, 1.807) is 43.3 Å². The molecule has 9 heteroatoms. The number of amides is 1. The van der Waals surface area contributed by atoms with Gasteiger partial charge < -0.3 is 24.1 Å². The zero-order valence-electron chi connectivity index (χ0n) is 18.4. The Morgan fingerprint density at radius 1 is 0.906 bits per heavy atom. The van der Waals surface area contributed by atoms with Gasteiger partial charge in [-0.15, -0.1) is 0 Å². The van der Waals surface area contributed by atoms with Crippen LogP contribution in [0.4, 0.5) is 0 Å². The Hall–Kier alpha value is -3.75. The molecule has 2 aromatic rings. The van der Waals surface area contributed by atoms with Crippen molar-refractivity contribution in [3.63, 3.8) is 0 Å². The molecule has 2 aromatic carbocycles. The lowest BCUT2D eigenvalue weighted by atomic mass is 10.2. The van der Waals surface area contributed by atoms with Gasteiger partial charge in [-0.25, -0.2) is 10.2 Å². The Morgan fingerprint density at radius 3 is 2.22 bits per heavy atom. The van der Waals surface area contributed by atoms with Crippen LogP contribution in [0.3, 0.4) is 0 Å².